The number of carbonyl (C=O) groups is 3. The molecule has 0 saturated carbocycles. The van der Waals surface area contributed by atoms with E-state index in [-0.39, 0.29) is 30.3 Å². The molecule has 6 heteroatoms. The zero-order chi connectivity index (χ0) is 21.7. The fourth-order valence-corrected chi connectivity index (χ4v) is 3.94. The smallest absolute Gasteiger partial charge is 0.309 e. The first-order valence-electron chi connectivity index (χ1n) is 10.7. The van der Waals surface area contributed by atoms with E-state index in [1.54, 1.807) is 4.90 Å². The van der Waals surface area contributed by atoms with Crippen LogP contribution in [0.3, 0.4) is 0 Å². The molecule has 2 heterocycles. The number of hydrogen-bond acceptors (Lipinski definition) is 4. The van der Waals surface area contributed by atoms with Crippen molar-refractivity contribution in [1.29, 1.82) is 0 Å². The van der Waals surface area contributed by atoms with Crippen molar-refractivity contribution in [2.24, 2.45) is 11.3 Å². The van der Waals surface area contributed by atoms with Crippen LogP contribution in [0.25, 0.3) is 5.57 Å². The average molecular weight is 413 g/mol. The Kier molecular flexibility index (Phi) is 6.95. The van der Waals surface area contributed by atoms with Gasteiger partial charge < -0.3 is 14.5 Å². The second-order valence-electron chi connectivity index (χ2n) is 9.11. The van der Waals surface area contributed by atoms with Gasteiger partial charge in [-0.05, 0) is 30.4 Å². The van der Waals surface area contributed by atoms with Crippen LogP contribution in [0.4, 0.5) is 0 Å². The van der Waals surface area contributed by atoms with Crippen LogP contribution in [-0.4, -0.2) is 60.4 Å². The van der Waals surface area contributed by atoms with E-state index in [2.05, 4.69) is 18.2 Å². The maximum absolute atomic E-state index is 12.4. The minimum absolute atomic E-state index is 0.109. The molecule has 0 spiro atoms. The first-order chi connectivity index (χ1) is 14.3. The number of ether oxygens (including phenoxy) is 1. The van der Waals surface area contributed by atoms with E-state index in [9.17, 15) is 14.4 Å². The molecule has 1 aromatic rings. The highest BCUT2D eigenvalue weighted by Crippen LogP contribution is 2.25. The Balaban J connectivity index is 1.42. The van der Waals surface area contributed by atoms with Crippen molar-refractivity contribution in [3.63, 3.8) is 0 Å². The average Bonchev–Trinajstić information content (AvgIpc) is 2.77. The van der Waals surface area contributed by atoms with Crippen LogP contribution >= 0.6 is 0 Å². The van der Waals surface area contributed by atoms with Crippen molar-refractivity contribution in [3.05, 3.63) is 42.0 Å². The number of hydrogen-bond donors (Lipinski definition) is 0. The van der Waals surface area contributed by atoms with E-state index >= 15 is 0 Å². The zero-order valence-electron chi connectivity index (χ0n) is 18.2. The SMILES string of the molecule is CC(C)(C)C(=O)N1CCC(C(=O)OCC(=O)N2CC=C(c3ccccc3)CC2)CC1. The van der Waals surface area contributed by atoms with Crippen molar-refractivity contribution >= 4 is 23.4 Å². The predicted molar refractivity (Wildman–Crippen MR) is 115 cm³/mol. The number of benzene rings is 1. The summed E-state index contributed by atoms with van der Waals surface area (Å²) in [5, 5.41) is 0. The molecular formula is C24H32N2O4. The molecule has 6 nitrogen and oxygen atoms in total. The first-order valence-corrected chi connectivity index (χ1v) is 10.7. The van der Waals surface area contributed by atoms with Gasteiger partial charge in [-0.15, -0.1) is 0 Å². The van der Waals surface area contributed by atoms with Gasteiger partial charge >= 0.3 is 5.97 Å². The van der Waals surface area contributed by atoms with E-state index in [0.29, 0.717) is 39.0 Å². The summed E-state index contributed by atoms with van der Waals surface area (Å²) in [4.78, 5) is 40.7. The summed E-state index contributed by atoms with van der Waals surface area (Å²) in [6, 6.07) is 10.2. The van der Waals surface area contributed by atoms with Crippen LogP contribution in [0.15, 0.2) is 36.4 Å². The van der Waals surface area contributed by atoms with E-state index in [0.717, 1.165) is 6.42 Å². The zero-order valence-corrected chi connectivity index (χ0v) is 18.2. The van der Waals surface area contributed by atoms with Crippen LogP contribution < -0.4 is 0 Å². The van der Waals surface area contributed by atoms with E-state index < -0.39 is 5.41 Å². The van der Waals surface area contributed by atoms with Gasteiger partial charge in [0.15, 0.2) is 6.61 Å². The fourth-order valence-electron chi connectivity index (χ4n) is 3.94. The third-order valence-corrected chi connectivity index (χ3v) is 5.80. The number of carbonyl (C=O) groups excluding carboxylic acids is 3. The monoisotopic (exact) mass is 412 g/mol. The summed E-state index contributed by atoms with van der Waals surface area (Å²) in [5.41, 5.74) is 2.02. The van der Waals surface area contributed by atoms with Gasteiger partial charge in [-0.2, -0.15) is 0 Å². The number of rotatable bonds is 4. The first kappa shape index (κ1) is 22.1. The van der Waals surface area contributed by atoms with Crippen LogP contribution in [-0.2, 0) is 19.1 Å². The summed E-state index contributed by atoms with van der Waals surface area (Å²) in [5.74, 6) is -0.624. The van der Waals surface area contributed by atoms with Gasteiger partial charge in [-0.3, -0.25) is 14.4 Å². The Morgan fingerprint density at radius 1 is 1.00 bits per heavy atom. The normalized spacial score (nSPS) is 18.0. The van der Waals surface area contributed by atoms with Gasteiger partial charge in [0.2, 0.25) is 5.91 Å². The Bertz CT molecular complexity index is 802. The molecule has 1 aromatic carbocycles. The molecule has 1 fully saturated rings. The number of piperidine rings is 1. The summed E-state index contributed by atoms with van der Waals surface area (Å²) >= 11 is 0. The maximum atomic E-state index is 12.4. The molecule has 2 amide bonds. The van der Waals surface area contributed by atoms with Gasteiger partial charge in [-0.1, -0.05) is 57.2 Å². The molecule has 1 saturated heterocycles. The number of esters is 1. The number of nitrogens with zero attached hydrogens (tertiary/aromatic N) is 2. The number of amides is 2. The summed E-state index contributed by atoms with van der Waals surface area (Å²) < 4.78 is 5.32. The third-order valence-electron chi connectivity index (χ3n) is 5.80. The molecule has 0 bridgehead atoms. The molecule has 2 aliphatic rings. The van der Waals surface area contributed by atoms with Gasteiger partial charge in [0.25, 0.3) is 5.91 Å². The standard InChI is InChI=1S/C24H32N2O4/c1-24(2,3)23(29)26-15-11-20(12-16-26)22(28)30-17-21(27)25-13-9-19(10-14-25)18-7-5-4-6-8-18/h4-9,20H,10-17H2,1-3H3. The molecule has 162 valence electrons. The molecule has 0 aliphatic carbocycles. The van der Waals surface area contributed by atoms with E-state index in [1.807, 2.05) is 43.9 Å². The van der Waals surface area contributed by atoms with Crippen LogP contribution in [0, 0.1) is 11.3 Å². The molecule has 30 heavy (non-hydrogen) atoms. The second-order valence-corrected chi connectivity index (χ2v) is 9.11. The molecule has 0 atom stereocenters. The lowest BCUT2D eigenvalue weighted by atomic mass is 9.91. The molecular weight excluding hydrogens is 380 g/mol. The Labute approximate surface area is 178 Å². The van der Waals surface area contributed by atoms with Crippen molar-refractivity contribution < 1.29 is 19.1 Å². The van der Waals surface area contributed by atoms with Crippen LogP contribution in [0.5, 0.6) is 0 Å². The summed E-state index contributed by atoms with van der Waals surface area (Å²) in [6.45, 7) is 7.78. The van der Waals surface area contributed by atoms with Gasteiger partial charge in [0, 0.05) is 31.6 Å². The topological polar surface area (TPSA) is 66.9 Å². The molecule has 2 aliphatic heterocycles. The van der Waals surface area contributed by atoms with Crippen molar-refractivity contribution in [2.75, 3.05) is 32.8 Å². The van der Waals surface area contributed by atoms with Crippen molar-refractivity contribution in [1.82, 2.24) is 9.80 Å². The molecule has 3 rings (SSSR count). The van der Waals surface area contributed by atoms with Crippen LogP contribution in [0.1, 0.15) is 45.6 Å². The lowest BCUT2D eigenvalue weighted by molar-refractivity contribution is -0.157. The summed E-state index contributed by atoms with van der Waals surface area (Å²) in [7, 11) is 0. The molecule has 0 unspecified atom stereocenters. The highest BCUT2D eigenvalue weighted by atomic mass is 16.5. The highest BCUT2D eigenvalue weighted by molar-refractivity contribution is 5.83. The van der Waals surface area contributed by atoms with E-state index in [1.165, 1.54) is 11.1 Å². The second kappa shape index (κ2) is 9.45. The van der Waals surface area contributed by atoms with Gasteiger partial charge in [-0.25, -0.2) is 0 Å². The third kappa shape index (κ3) is 5.49. The Morgan fingerprint density at radius 3 is 2.23 bits per heavy atom. The molecule has 0 N–H and O–H groups in total. The molecule has 0 radical (unpaired) electrons. The quantitative estimate of drug-likeness (QED) is 0.713. The minimum atomic E-state index is -0.414. The number of likely N-dealkylation sites (tertiary alicyclic amines) is 1. The minimum Gasteiger partial charge on any atom is -0.455 e. The highest BCUT2D eigenvalue weighted by Gasteiger charge is 2.33. The van der Waals surface area contributed by atoms with Crippen LogP contribution in [0.2, 0.25) is 0 Å². The van der Waals surface area contributed by atoms with E-state index in [4.69, 9.17) is 4.74 Å². The fraction of sp³-hybridized carbons (Fsp3) is 0.542. The van der Waals surface area contributed by atoms with Crippen molar-refractivity contribution in [3.8, 4) is 0 Å². The van der Waals surface area contributed by atoms with Crippen molar-refractivity contribution in [2.45, 2.75) is 40.0 Å². The lowest BCUT2D eigenvalue weighted by Crippen LogP contribution is -2.45. The summed E-state index contributed by atoms with van der Waals surface area (Å²) in [6.07, 6.45) is 4.04. The Hall–Kier alpha value is -2.63. The lowest BCUT2D eigenvalue weighted by Gasteiger charge is -2.35. The predicted octanol–water partition coefficient (Wildman–Crippen LogP) is 3.13. The largest absolute Gasteiger partial charge is 0.455 e. The Morgan fingerprint density at radius 2 is 1.67 bits per heavy atom. The van der Waals surface area contributed by atoms with Gasteiger partial charge in [0.1, 0.15) is 0 Å². The van der Waals surface area contributed by atoms with Gasteiger partial charge in [0.05, 0.1) is 5.92 Å². The maximum Gasteiger partial charge on any atom is 0.309 e. The molecule has 0 aromatic heterocycles.